The minimum absolute atomic E-state index is 0.261. The average Bonchev–Trinajstić information content (AvgIpc) is 2.27. The summed E-state index contributed by atoms with van der Waals surface area (Å²) < 4.78 is 4.98. The summed E-state index contributed by atoms with van der Waals surface area (Å²) in [7, 11) is 1.65. The molecule has 1 unspecified atom stereocenters. The maximum absolute atomic E-state index is 10.9. The van der Waals surface area contributed by atoms with Crippen LogP contribution in [0.5, 0.6) is 0 Å². The molecule has 5 heteroatoms. The maximum Gasteiger partial charge on any atom is 0.338 e. The van der Waals surface area contributed by atoms with Gasteiger partial charge in [-0.25, -0.2) is 9.78 Å². The minimum Gasteiger partial charge on any atom is -0.478 e. The van der Waals surface area contributed by atoms with Gasteiger partial charge in [0.05, 0.1) is 5.56 Å². The second-order valence-corrected chi connectivity index (χ2v) is 4.80. The number of rotatable bonds is 6. The largest absolute Gasteiger partial charge is 0.478 e. The fraction of sp³-hybridized carbons (Fsp3) is 0.455. The highest BCUT2D eigenvalue weighted by Gasteiger charge is 2.13. The first kappa shape index (κ1) is 13.0. The van der Waals surface area contributed by atoms with Crippen molar-refractivity contribution >= 4 is 17.7 Å². The summed E-state index contributed by atoms with van der Waals surface area (Å²) in [5, 5.41) is 9.83. The zero-order chi connectivity index (χ0) is 12.0. The van der Waals surface area contributed by atoms with E-state index in [1.165, 1.54) is 11.8 Å². The molecule has 0 amide bonds. The van der Waals surface area contributed by atoms with Crippen molar-refractivity contribution in [1.29, 1.82) is 0 Å². The van der Waals surface area contributed by atoms with E-state index in [-0.39, 0.29) is 10.8 Å². The van der Waals surface area contributed by atoms with Crippen molar-refractivity contribution in [3.63, 3.8) is 0 Å². The van der Waals surface area contributed by atoms with Gasteiger partial charge in [-0.2, -0.15) is 0 Å². The first-order valence-corrected chi connectivity index (χ1v) is 5.87. The molecule has 0 saturated carbocycles. The third-order valence-electron chi connectivity index (χ3n) is 2.04. The number of carbonyl (C=O) groups is 1. The summed E-state index contributed by atoms with van der Waals surface area (Å²) in [4.78, 5) is 15.0. The van der Waals surface area contributed by atoms with Gasteiger partial charge in [0.15, 0.2) is 0 Å². The normalized spacial score (nSPS) is 12.4. The molecule has 1 rings (SSSR count). The lowest BCUT2D eigenvalue weighted by molar-refractivity contribution is 0.0692. The number of nitrogens with zero attached hydrogens (tertiary/aromatic N) is 1. The van der Waals surface area contributed by atoms with Gasteiger partial charge in [-0.3, -0.25) is 0 Å². The van der Waals surface area contributed by atoms with Crippen molar-refractivity contribution in [2.45, 2.75) is 23.6 Å². The number of pyridine rings is 1. The molecular formula is C11H15NO3S. The van der Waals surface area contributed by atoms with Crippen LogP contribution in [-0.2, 0) is 4.74 Å². The smallest absolute Gasteiger partial charge is 0.338 e. The van der Waals surface area contributed by atoms with Crippen molar-refractivity contribution in [1.82, 2.24) is 4.98 Å². The summed E-state index contributed by atoms with van der Waals surface area (Å²) in [5.74, 6) is -0.936. The summed E-state index contributed by atoms with van der Waals surface area (Å²) in [6.07, 6.45) is 2.48. The molecule has 0 spiro atoms. The van der Waals surface area contributed by atoms with Gasteiger partial charge >= 0.3 is 5.97 Å². The Hall–Kier alpha value is -1.07. The first-order chi connectivity index (χ1) is 7.65. The number of thioether (sulfide) groups is 1. The highest BCUT2D eigenvalue weighted by molar-refractivity contribution is 7.99. The fourth-order valence-electron chi connectivity index (χ4n) is 1.18. The molecule has 16 heavy (non-hydrogen) atoms. The van der Waals surface area contributed by atoms with E-state index in [1.54, 1.807) is 25.4 Å². The van der Waals surface area contributed by atoms with Crippen molar-refractivity contribution in [3.05, 3.63) is 23.9 Å². The van der Waals surface area contributed by atoms with Crippen LogP contribution in [0.1, 0.15) is 23.7 Å². The fourth-order valence-corrected chi connectivity index (χ4v) is 2.18. The number of methoxy groups -OCH3 is 1. The molecule has 88 valence electrons. The van der Waals surface area contributed by atoms with Crippen LogP contribution in [0.15, 0.2) is 23.4 Å². The SMILES string of the molecule is COCCC(C)Sc1ncccc1C(=O)O. The molecule has 0 fully saturated rings. The number of ether oxygens (including phenoxy) is 1. The number of aromatic carboxylic acids is 1. The third-order valence-corrected chi connectivity index (χ3v) is 3.23. The van der Waals surface area contributed by atoms with E-state index in [0.717, 1.165) is 6.42 Å². The lowest BCUT2D eigenvalue weighted by atomic mass is 10.3. The first-order valence-electron chi connectivity index (χ1n) is 4.99. The molecule has 1 N–H and O–H groups in total. The Kier molecular flexibility index (Phi) is 5.28. The molecule has 0 aliphatic rings. The van der Waals surface area contributed by atoms with Crippen molar-refractivity contribution in [2.24, 2.45) is 0 Å². The van der Waals surface area contributed by atoms with E-state index in [0.29, 0.717) is 11.6 Å². The molecule has 4 nitrogen and oxygen atoms in total. The highest BCUT2D eigenvalue weighted by atomic mass is 32.2. The van der Waals surface area contributed by atoms with Gasteiger partial charge in [0.2, 0.25) is 0 Å². The van der Waals surface area contributed by atoms with Crippen LogP contribution in [-0.4, -0.2) is 35.0 Å². The second kappa shape index (κ2) is 6.50. The van der Waals surface area contributed by atoms with Gasteiger partial charge in [-0.15, -0.1) is 11.8 Å². The number of hydrogen-bond acceptors (Lipinski definition) is 4. The third kappa shape index (κ3) is 3.83. The van der Waals surface area contributed by atoms with E-state index >= 15 is 0 Å². The topological polar surface area (TPSA) is 59.4 Å². The van der Waals surface area contributed by atoms with Crippen molar-refractivity contribution < 1.29 is 14.6 Å². The molecular weight excluding hydrogens is 226 g/mol. The van der Waals surface area contributed by atoms with Crippen molar-refractivity contribution in [2.75, 3.05) is 13.7 Å². The van der Waals surface area contributed by atoms with Crippen LogP contribution < -0.4 is 0 Å². The molecule has 1 aromatic rings. The Labute approximate surface area is 99.0 Å². The summed E-state index contributed by atoms with van der Waals surface area (Å²) in [6, 6.07) is 3.20. The van der Waals surface area contributed by atoms with Crippen molar-refractivity contribution in [3.8, 4) is 0 Å². The number of hydrogen-bond donors (Lipinski definition) is 1. The van der Waals surface area contributed by atoms with Gasteiger partial charge in [0.1, 0.15) is 5.03 Å². The molecule has 0 aromatic carbocycles. The standard InChI is InChI=1S/C11H15NO3S/c1-8(5-7-15-2)16-10-9(11(13)14)4-3-6-12-10/h3-4,6,8H,5,7H2,1-2H3,(H,13,14). The van der Waals surface area contributed by atoms with Crippen LogP contribution in [0.3, 0.4) is 0 Å². The van der Waals surface area contributed by atoms with Gasteiger partial charge in [-0.05, 0) is 18.6 Å². The van der Waals surface area contributed by atoms with E-state index < -0.39 is 5.97 Å². The molecule has 0 bridgehead atoms. The summed E-state index contributed by atoms with van der Waals surface area (Å²) in [5.41, 5.74) is 0.261. The number of aromatic nitrogens is 1. The van der Waals surface area contributed by atoms with Crippen LogP contribution in [0, 0.1) is 0 Å². The van der Waals surface area contributed by atoms with Crippen LogP contribution in [0.25, 0.3) is 0 Å². The predicted molar refractivity (Wildman–Crippen MR) is 63.0 cm³/mol. The summed E-state index contributed by atoms with van der Waals surface area (Å²) >= 11 is 1.47. The Morgan fingerprint density at radius 1 is 1.69 bits per heavy atom. The quantitative estimate of drug-likeness (QED) is 0.774. The number of carboxylic acid groups (broad SMARTS) is 1. The Bertz CT molecular complexity index is 357. The molecule has 0 aliphatic heterocycles. The van der Waals surface area contributed by atoms with E-state index in [2.05, 4.69) is 4.98 Å². The molecule has 1 atom stereocenters. The predicted octanol–water partition coefficient (Wildman–Crippen LogP) is 2.30. The van der Waals surface area contributed by atoms with E-state index in [4.69, 9.17) is 9.84 Å². The van der Waals surface area contributed by atoms with Crippen LogP contribution >= 0.6 is 11.8 Å². The van der Waals surface area contributed by atoms with Crippen LogP contribution in [0.2, 0.25) is 0 Å². The Balaban J connectivity index is 2.69. The molecule has 1 aromatic heterocycles. The van der Waals surface area contributed by atoms with Gasteiger partial charge in [-0.1, -0.05) is 6.92 Å². The molecule has 1 heterocycles. The van der Waals surface area contributed by atoms with Gasteiger partial charge in [0.25, 0.3) is 0 Å². The van der Waals surface area contributed by atoms with Gasteiger partial charge < -0.3 is 9.84 Å². The highest BCUT2D eigenvalue weighted by Crippen LogP contribution is 2.26. The average molecular weight is 241 g/mol. The zero-order valence-electron chi connectivity index (χ0n) is 9.34. The minimum atomic E-state index is -0.936. The second-order valence-electron chi connectivity index (χ2n) is 3.37. The lowest BCUT2D eigenvalue weighted by Crippen LogP contribution is -2.05. The Morgan fingerprint density at radius 3 is 3.06 bits per heavy atom. The van der Waals surface area contributed by atoms with E-state index in [1.807, 2.05) is 6.92 Å². The molecule has 0 saturated heterocycles. The van der Waals surface area contributed by atoms with Crippen LogP contribution in [0.4, 0.5) is 0 Å². The molecule has 0 radical (unpaired) electrons. The monoisotopic (exact) mass is 241 g/mol. The number of carboxylic acids is 1. The summed E-state index contributed by atoms with van der Waals surface area (Å²) in [6.45, 7) is 2.70. The Morgan fingerprint density at radius 2 is 2.44 bits per heavy atom. The van der Waals surface area contributed by atoms with E-state index in [9.17, 15) is 4.79 Å². The molecule has 0 aliphatic carbocycles. The van der Waals surface area contributed by atoms with Gasteiger partial charge in [0, 0.05) is 25.2 Å². The maximum atomic E-state index is 10.9. The zero-order valence-corrected chi connectivity index (χ0v) is 10.2. The lowest BCUT2D eigenvalue weighted by Gasteiger charge is -2.11.